The van der Waals surface area contributed by atoms with Crippen LogP contribution in [0.1, 0.15) is 32.6 Å². The summed E-state index contributed by atoms with van der Waals surface area (Å²) in [4.78, 5) is 12.8. The van der Waals surface area contributed by atoms with Crippen LogP contribution in [0.3, 0.4) is 0 Å². The van der Waals surface area contributed by atoms with E-state index in [4.69, 9.17) is 4.74 Å². The third-order valence-electron chi connectivity index (χ3n) is 3.31. The fourth-order valence-electron chi connectivity index (χ4n) is 2.53. The summed E-state index contributed by atoms with van der Waals surface area (Å²) in [6.07, 6.45) is 0. The van der Waals surface area contributed by atoms with Gasteiger partial charge in [0, 0.05) is 10.0 Å². The molecule has 2 aromatic rings. The number of ether oxygens (including phenoxy) is 1. The number of hydrogen-bond donors (Lipinski definition) is 0. The lowest BCUT2D eigenvalue weighted by molar-refractivity contribution is 0.103. The molecule has 2 rings (SSSR count). The van der Waals surface area contributed by atoms with Gasteiger partial charge in [-0.05, 0) is 50.1 Å². The van der Waals surface area contributed by atoms with Gasteiger partial charge < -0.3 is 4.74 Å². The third kappa shape index (κ3) is 2.78. The summed E-state index contributed by atoms with van der Waals surface area (Å²) in [5.41, 5.74) is 4.49. The van der Waals surface area contributed by atoms with E-state index in [1.54, 1.807) is 19.2 Å². The molecule has 0 radical (unpaired) electrons. The zero-order valence-electron chi connectivity index (χ0n) is 12.1. The highest BCUT2D eigenvalue weighted by molar-refractivity contribution is 9.10. The fraction of sp³-hybridized carbons (Fsp3) is 0.235. The Balaban J connectivity index is 2.60. The molecular formula is C17H17BrO2. The Bertz CT molecular complexity index is 652. The first-order chi connectivity index (χ1) is 9.43. The molecule has 0 N–H and O–H groups in total. The molecule has 0 aliphatic heterocycles. The normalized spacial score (nSPS) is 10.4. The van der Waals surface area contributed by atoms with Crippen molar-refractivity contribution in [1.82, 2.24) is 0 Å². The standard InChI is InChI=1S/C17H17BrO2/c1-10-7-11(2)16(12(3)8-10)17(19)14-9-13(18)5-6-15(14)20-4/h5-9H,1-4H3. The molecule has 2 aromatic carbocycles. The summed E-state index contributed by atoms with van der Waals surface area (Å²) in [6, 6.07) is 9.54. The van der Waals surface area contributed by atoms with Crippen LogP contribution in [0.15, 0.2) is 34.8 Å². The number of halogens is 1. The first-order valence-corrected chi connectivity index (χ1v) is 7.19. The molecule has 0 aromatic heterocycles. The largest absolute Gasteiger partial charge is 0.496 e. The van der Waals surface area contributed by atoms with Crippen molar-refractivity contribution in [2.45, 2.75) is 20.8 Å². The van der Waals surface area contributed by atoms with Gasteiger partial charge in [0.2, 0.25) is 0 Å². The number of ketones is 1. The predicted molar refractivity (Wildman–Crippen MR) is 84.8 cm³/mol. The summed E-state index contributed by atoms with van der Waals surface area (Å²) in [5, 5.41) is 0. The van der Waals surface area contributed by atoms with Crippen LogP contribution in [-0.2, 0) is 0 Å². The van der Waals surface area contributed by atoms with Crippen LogP contribution in [0.25, 0.3) is 0 Å². The van der Waals surface area contributed by atoms with Crippen LogP contribution in [0.2, 0.25) is 0 Å². The summed E-state index contributed by atoms with van der Waals surface area (Å²) in [6.45, 7) is 5.98. The lowest BCUT2D eigenvalue weighted by Gasteiger charge is -2.13. The highest BCUT2D eigenvalue weighted by Gasteiger charge is 2.19. The smallest absolute Gasteiger partial charge is 0.197 e. The van der Waals surface area contributed by atoms with Crippen molar-refractivity contribution >= 4 is 21.7 Å². The summed E-state index contributed by atoms with van der Waals surface area (Å²) >= 11 is 3.41. The molecule has 0 saturated carbocycles. The van der Waals surface area contributed by atoms with Gasteiger partial charge in [-0.15, -0.1) is 0 Å². The Morgan fingerprint density at radius 3 is 2.20 bits per heavy atom. The first-order valence-electron chi connectivity index (χ1n) is 6.40. The Kier molecular flexibility index (Phi) is 4.29. The molecular weight excluding hydrogens is 316 g/mol. The van der Waals surface area contributed by atoms with Crippen LogP contribution in [0, 0.1) is 20.8 Å². The molecule has 2 nitrogen and oxygen atoms in total. The van der Waals surface area contributed by atoms with Gasteiger partial charge in [-0.1, -0.05) is 33.6 Å². The van der Waals surface area contributed by atoms with E-state index in [1.165, 1.54) is 0 Å². The number of hydrogen-bond acceptors (Lipinski definition) is 2. The zero-order chi connectivity index (χ0) is 14.9. The van der Waals surface area contributed by atoms with E-state index >= 15 is 0 Å². The molecule has 0 saturated heterocycles. The summed E-state index contributed by atoms with van der Waals surface area (Å²) in [5.74, 6) is 0.593. The molecule has 104 valence electrons. The van der Waals surface area contributed by atoms with E-state index in [1.807, 2.05) is 39.0 Å². The van der Waals surface area contributed by atoms with Crippen LogP contribution in [0.5, 0.6) is 5.75 Å². The van der Waals surface area contributed by atoms with Gasteiger partial charge in [-0.3, -0.25) is 4.79 Å². The lowest BCUT2D eigenvalue weighted by Crippen LogP contribution is -2.08. The van der Waals surface area contributed by atoms with E-state index in [0.29, 0.717) is 11.3 Å². The van der Waals surface area contributed by atoms with E-state index in [0.717, 1.165) is 26.7 Å². The molecule has 0 fully saturated rings. The molecule has 0 aliphatic rings. The van der Waals surface area contributed by atoms with Gasteiger partial charge in [0.15, 0.2) is 5.78 Å². The molecule has 0 spiro atoms. The Morgan fingerprint density at radius 1 is 1.05 bits per heavy atom. The Hall–Kier alpha value is -1.61. The number of aryl methyl sites for hydroxylation is 3. The molecule has 0 bridgehead atoms. The van der Waals surface area contributed by atoms with E-state index in [-0.39, 0.29) is 5.78 Å². The van der Waals surface area contributed by atoms with Gasteiger partial charge in [0.25, 0.3) is 0 Å². The van der Waals surface area contributed by atoms with Gasteiger partial charge in [0.05, 0.1) is 12.7 Å². The van der Waals surface area contributed by atoms with Gasteiger partial charge >= 0.3 is 0 Å². The van der Waals surface area contributed by atoms with Crippen LogP contribution in [0.4, 0.5) is 0 Å². The van der Waals surface area contributed by atoms with Gasteiger partial charge in [0.1, 0.15) is 5.75 Å². The van der Waals surface area contributed by atoms with Crippen molar-refractivity contribution in [2.24, 2.45) is 0 Å². The maximum absolute atomic E-state index is 12.8. The number of benzene rings is 2. The number of carbonyl (C=O) groups is 1. The van der Waals surface area contributed by atoms with Gasteiger partial charge in [-0.25, -0.2) is 0 Å². The SMILES string of the molecule is COc1ccc(Br)cc1C(=O)c1c(C)cc(C)cc1C. The number of rotatable bonds is 3. The topological polar surface area (TPSA) is 26.3 Å². The minimum atomic E-state index is -0.00171. The van der Waals surface area contributed by atoms with Crippen molar-refractivity contribution in [1.29, 1.82) is 0 Å². The molecule has 0 amide bonds. The minimum absolute atomic E-state index is 0.00171. The molecule has 20 heavy (non-hydrogen) atoms. The van der Waals surface area contributed by atoms with Crippen molar-refractivity contribution in [3.05, 3.63) is 62.6 Å². The maximum Gasteiger partial charge on any atom is 0.197 e. The average Bonchev–Trinajstić information content (AvgIpc) is 2.37. The van der Waals surface area contributed by atoms with Crippen LogP contribution >= 0.6 is 15.9 Å². The molecule has 0 heterocycles. The van der Waals surface area contributed by atoms with Crippen molar-refractivity contribution in [3.8, 4) is 5.75 Å². The molecule has 3 heteroatoms. The summed E-state index contributed by atoms with van der Waals surface area (Å²) in [7, 11) is 1.58. The predicted octanol–water partition coefficient (Wildman–Crippen LogP) is 4.61. The number of carbonyl (C=O) groups excluding carboxylic acids is 1. The highest BCUT2D eigenvalue weighted by atomic mass is 79.9. The second-order valence-corrected chi connectivity index (χ2v) is 5.86. The van der Waals surface area contributed by atoms with E-state index < -0.39 is 0 Å². The van der Waals surface area contributed by atoms with Gasteiger partial charge in [-0.2, -0.15) is 0 Å². The molecule has 0 unspecified atom stereocenters. The molecule has 0 atom stereocenters. The van der Waals surface area contributed by atoms with Crippen molar-refractivity contribution in [2.75, 3.05) is 7.11 Å². The first kappa shape index (κ1) is 14.8. The minimum Gasteiger partial charge on any atom is -0.496 e. The second kappa shape index (κ2) is 5.80. The quantitative estimate of drug-likeness (QED) is 0.767. The lowest BCUT2D eigenvalue weighted by atomic mass is 9.93. The average molecular weight is 333 g/mol. The number of methoxy groups -OCH3 is 1. The van der Waals surface area contributed by atoms with Crippen LogP contribution < -0.4 is 4.74 Å². The monoisotopic (exact) mass is 332 g/mol. The zero-order valence-corrected chi connectivity index (χ0v) is 13.7. The van der Waals surface area contributed by atoms with Crippen molar-refractivity contribution < 1.29 is 9.53 Å². The Morgan fingerprint density at radius 2 is 1.65 bits per heavy atom. The van der Waals surface area contributed by atoms with E-state index in [2.05, 4.69) is 15.9 Å². The maximum atomic E-state index is 12.8. The Labute approximate surface area is 127 Å². The van der Waals surface area contributed by atoms with Crippen molar-refractivity contribution in [3.63, 3.8) is 0 Å². The van der Waals surface area contributed by atoms with E-state index in [9.17, 15) is 4.79 Å². The fourth-order valence-corrected chi connectivity index (χ4v) is 2.89. The second-order valence-electron chi connectivity index (χ2n) is 4.95. The van der Waals surface area contributed by atoms with Crippen LogP contribution in [-0.4, -0.2) is 12.9 Å². The molecule has 0 aliphatic carbocycles. The highest BCUT2D eigenvalue weighted by Crippen LogP contribution is 2.28. The summed E-state index contributed by atoms with van der Waals surface area (Å²) < 4.78 is 6.17. The third-order valence-corrected chi connectivity index (χ3v) is 3.80.